The lowest BCUT2D eigenvalue weighted by molar-refractivity contribution is 0.0635. The molecule has 0 aliphatic carbocycles. The van der Waals surface area contributed by atoms with Crippen molar-refractivity contribution < 1.29 is 14.3 Å². The maximum atomic E-state index is 12.5. The first-order chi connectivity index (χ1) is 13.6. The molecule has 146 valence electrons. The molecule has 3 rings (SSSR count). The van der Waals surface area contributed by atoms with Gasteiger partial charge in [0.15, 0.2) is 0 Å². The molecule has 0 saturated heterocycles. The molecule has 1 N–H and O–H groups in total. The van der Waals surface area contributed by atoms with Gasteiger partial charge in [-0.05, 0) is 44.0 Å². The van der Waals surface area contributed by atoms with E-state index < -0.39 is 0 Å². The standard InChI is InChI=1S/C23H26N2O3/c1-16-21(14-19-10-11-20(27-3)15-22(19)25-16)23(26)24-12-7-13-28-17(2)18-8-5-4-6-9-18/h4-6,8-11,14-15,17H,7,12-13H2,1-3H3,(H,24,26). The van der Waals surface area contributed by atoms with E-state index >= 15 is 0 Å². The van der Waals surface area contributed by atoms with Gasteiger partial charge in [-0.15, -0.1) is 0 Å². The van der Waals surface area contributed by atoms with Crippen LogP contribution in [0.15, 0.2) is 54.6 Å². The fourth-order valence-electron chi connectivity index (χ4n) is 3.05. The van der Waals surface area contributed by atoms with Crippen molar-refractivity contribution in [2.75, 3.05) is 20.3 Å². The van der Waals surface area contributed by atoms with Crippen LogP contribution in [0.4, 0.5) is 0 Å². The molecule has 3 aromatic rings. The number of nitrogens with one attached hydrogen (secondary N) is 1. The summed E-state index contributed by atoms with van der Waals surface area (Å²) in [7, 11) is 1.63. The molecule has 1 amide bonds. The molecule has 0 spiro atoms. The second kappa shape index (κ2) is 9.33. The van der Waals surface area contributed by atoms with Crippen molar-refractivity contribution >= 4 is 16.8 Å². The van der Waals surface area contributed by atoms with Crippen LogP contribution in [0.3, 0.4) is 0 Å². The van der Waals surface area contributed by atoms with E-state index in [9.17, 15) is 4.79 Å². The number of aromatic nitrogens is 1. The SMILES string of the molecule is COc1ccc2cc(C(=O)NCCCOC(C)c3ccccc3)c(C)nc2c1. The van der Waals surface area contributed by atoms with E-state index in [1.165, 1.54) is 0 Å². The monoisotopic (exact) mass is 378 g/mol. The zero-order chi connectivity index (χ0) is 19.9. The minimum absolute atomic E-state index is 0.0424. The number of carbonyl (C=O) groups is 1. The summed E-state index contributed by atoms with van der Waals surface area (Å²) in [5.74, 6) is 0.639. The maximum absolute atomic E-state index is 12.5. The number of carbonyl (C=O) groups excluding carboxylic acids is 1. The van der Waals surface area contributed by atoms with Crippen molar-refractivity contribution in [3.63, 3.8) is 0 Å². The van der Waals surface area contributed by atoms with E-state index in [1.54, 1.807) is 7.11 Å². The normalized spacial score (nSPS) is 12.0. The van der Waals surface area contributed by atoms with E-state index in [2.05, 4.69) is 22.4 Å². The van der Waals surface area contributed by atoms with Crippen molar-refractivity contribution in [1.29, 1.82) is 0 Å². The molecule has 0 bridgehead atoms. The molecule has 5 nitrogen and oxygen atoms in total. The van der Waals surface area contributed by atoms with Crippen molar-refractivity contribution in [2.24, 2.45) is 0 Å². The number of methoxy groups -OCH3 is 1. The largest absolute Gasteiger partial charge is 0.497 e. The number of pyridine rings is 1. The van der Waals surface area contributed by atoms with Crippen LogP contribution < -0.4 is 10.1 Å². The van der Waals surface area contributed by atoms with Gasteiger partial charge < -0.3 is 14.8 Å². The number of benzene rings is 2. The molecular formula is C23H26N2O3. The van der Waals surface area contributed by atoms with Crippen molar-refractivity contribution in [1.82, 2.24) is 10.3 Å². The van der Waals surface area contributed by atoms with Crippen LogP contribution in [0.1, 0.15) is 41.1 Å². The Morgan fingerprint density at radius 2 is 1.93 bits per heavy atom. The number of amides is 1. The highest BCUT2D eigenvalue weighted by Gasteiger charge is 2.12. The summed E-state index contributed by atoms with van der Waals surface area (Å²) >= 11 is 0. The van der Waals surface area contributed by atoms with Gasteiger partial charge in [0.2, 0.25) is 0 Å². The van der Waals surface area contributed by atoms with Crippen LogP contribution in [0.2, 0.25) is 0 Å². The predicted molar refractivity (Wildman–Crippen MR) is 111 cm³/mol. The number of hydrogen-bond acceptors (Lipinski definition) is 4. The zero-order valence-electron chi connectivity index (χ0n) is 16.6. The van der Waals surface area contributed by atoms with E-state index in [4.69, 9.17) is 9.47 Å². The summed E-state index contributed by atoms with van der Waals surface area (Å²) < 4.78 is 11.1. The third-order valence-electron chi connectivity index (χ3n) is 4.70. The predicted octanol–water partition coefficient (Wildman–Crippen LogP) is 4.45. The van der Waals surface area contributed by atoms with Crippen LogP contribution in [-0.2, 0) is 4.74 Å². The lowest BCUT2D eigenvalue weighted by atomic mass is 10.1. The van der Waals surface area contributed by atoms with Gasteiger partial charge in [0, 0.05) is 24.6 Å². The molecule has 0 aliphatic heterocycles. The number of nitrogens with zero attached hydrogens (tertiary/aromatic N) is 1. The first-order valence-electron chi connectivity index (χ1n) is 9.48. The van der Waals surface area contributed by atoms with Crippen LogP contribution >= 0.6 is 0 Å². The molecule has 5 heteroatoms. The molecule has 0 saturated carbocycles. The van der Waals surface area contributed by atoms with E-state index in [-0.39, 0.29) is 12.0 Å². The van der Waals surface area contributed by atoms with Gasteiger partial charge in [0.1, 0.15) is 5.75 Å². The van der Waals surface area contributed by atoms with Crippen LogP contribution in [0, 0.1) is 6.92 Å². The highest BCUT2D eigenvalue weighted by atomic mass is 16.5. The lowest BCUT2D eigenvalue weighted by Crippen LogP contribution is -2.26. The quantitative estimate of drug-likeness (QED) is 0.588. The molecule has 0 radical (unpaired) electrons. The van der Waals surface area contributed by atoms with Gasteiger partial charge in [-0.1, -0.05) is 30.3 Å². The molecule has 2 aromatic carbocycles. The minimum Gasteiger partial charge on any atom is -0.497 e. The minimum atomic E-state index is -0.112. The summed E-state index contributed by atoms with van der Waals surface area (Å²) in [6.45, 7) is 5.02. The number of aryl methyl sites for hydroxylation is 1. The van der Waals surface area contributed by atoms with Gasteiger partial charge in [0.05, 0.1) is 30.0 Å². The Bertz CT molecular complexity index is 941. The fourth-order valence-corrected chi connectivity index (χ4v) is 3.05. The van der Waals surface area contributed by atoms with Gasteiger partial charge in [-0.3, -0.25) is 9.78 Å². The lowest BCUT2D eigenvalue weighted by Gasteiger charge is -2.14. The summed E-state index contributed by atoms with van der Waals surface area (Å²) in [6, 6.07) is 17.6. The Kier molecular flexibility index (Phi) is 6.61. The summed E-state index contributed by atoms with van der Waals surface area (Å²) in [5, 5.41) is 3.87. The fraction of sp³-hybridized carbons (Fsp3) is 0.304. The average molecular weight is 378 g/mol. The Hall–Kier alpha value is -2.92. The first kappa shape index (κ1) is 19.8. The van der Waals surface area contributed by atoms with E-state index in [0.29, 0.717) is 24.4 Å². The van der Waals surface area contributed by atoms with Crippen molar-refractivity contribution in [3.8, 4) is 5.75 Å². The van der Waals surface area contributed by atoms with Crippen LogP contribution in [-0.4, -0.2) is 31.2 Å². The van der Waals surface area contributed by atoms with Gasteiger partial charge in [-0.2, -0.15) is 0 Å². The zero-order valence-corrected chi connectivity index (χ0v) is 16.6. The maximum Gasteiger partial charge on any atom is 0.253 e. The number of ether oxygens (including phenoxy) is 2. The Labute approximate surface area is 165 Å². The van der Waals surface area contributed by atoms with Gasteiger partial charge >= 0.3 is 0 Å². The van der Waals surface area contributed by atoms with E-state index in [0.717, 1.165) is 28.6 Å². The second-order valence-corrected chi connectivity index (χ2v) is 6.71. The highest BCUT2D eigenvalue weighted by molar-refractivity contribution is 5.98. The third-order valence-corrected chi connectivity index (χ3v) is 4.70. The molecular weight excluding hydrogens is 352 g/mol. The van der Waals surface area contributed by atoms with Gasteiger partial charge in [-0.25, -0.2) is 0 Å². The molecule has 1 heterocycles. The molecule has 1 unspecified atom stereocenters. The number of fused-ring (bicyclic) bond motifs is 1. The Balaban J connectivity index is 1.51. The van der Waals surface area contributed by atoms with Crippen molar-refractivity contribution in [3.05, 3.63) is 71.4 Å². The molecule has 1 aromatic heterocycles. The van der Waals surface area contributed by atoms with Crippen molar-refractivity contribution in [2.45, 2.75) is 26.4 Å². The third kappa shape index (κ3) is 4.87. The average Bonchev–Trinajstić information content (AvgIpc) is 2.72. The smallest absolute Gasteiger partial charge is 0.253 e. The summed E-state index contributed by atoms with van der Waals surface area (Å²) in [6.07, 6.45) is 0.793. The Morgan fingerprint density at radius 3 is 2.68 bits per heavy atom. The highest BCUT2D eigenvalue weighted by Crippen LogP contribution is 2.21. The molecule has 0 fully saturated rings. The Morgan fingerprint density at radius 1 is 1.14 bits per heavy atom. The number of hydrogen-bond donors (Lipinski definition) is 1. The molecule has 1 atom stereocenters. The first-order valence-corrected chi connectivity index (χ1v) is 9.48. The van der Waals surface area contributed by atoms with E-state index in [1.807, 2.05) is 56.3 Å². The van der Waals surface area contributed by atoms with Crippen LogP contribution in [0.25, 0.3) is 10.9 Å². The summed E-state index contributed by atoms with van der Waals surface area (Å²) in [4.78, 5) is 17.1. The molecule has 0 aliphatic rings. The topological polar surface area (TPSA) is 60.5 Å². The number of rotatable bonds is 8. The molecule has 28 heavy (non-hydrogen) atoms. The summed E-state index contributed by atoms with van der Waals surface area (Å²) in [5.41, 5.74) is 3.26. The van der Waals surface area contributed by atoms with Crippen LogP contribution in [0.5, 0.6) is 5.75 Å². The second-order valence-electron chi connectivity index (χ2n) is 6.71. The van der Waals surface area contributed by atoms with Gasteiger partial charge in [0.25, 0.3) is 5.91 Å².